The Bertz CT molecular complexity index is 1070. The van der Waals surface area contributed by atoms with Crippen LogP contribution in [0.3, 0.4) is 0 Å². The number of alkyl halides is 3. The van der Waals surface area contributed by atoms with E-state index in [2.05, 4.69) is 30.7 Å². The number of pyridine rings is 1. The highest BCUT2D eigenvalue weighted by Gasteiger charge is 2.43. The van der Waals surface area contributed by atoms with Gasteiger partial charge < -0.3 is 15.0 Å². The summed E-state index contributed by atoms with van der Waals surface area (Å²) in [6, 6.07) is 5.45. The van der Waals surface area contributed by atoms with Crippen LogP contribution < -0.4 is 15.0 Å². The van der Waals surface area contributed by atoms with Gasteiger partial charge in [0.15, 0.2) is 17.5 Å². The third-order valence-corrected chi connectivity index (χ3v) is 7.09. The summed E-state index contributed by atoms with van der Waals surface area (Å²) in [7, 11) is 0. The Morgan fingerprint density at radius 3 is 2.65 bits per heavy atom. The standard InChI is InChI=1S/C20H23F3N6OS/c1-11-8-16(31-27-11)28-9-13-5-6-14(10-28)17(13)24-19-25-18-15(4-3-7-29(18)26-19)30-12(2)20(21,22)23/h3-4,7-8,12-14,17H,5-6,9-10H2,1-2H3,(H,24,26)/t12?,13-,14+,17-. The third-order valence-electron chi connectivity index (χ3n) is 6.15. The molecule has 7 nitrogen and oxygen atoms in total. The molecule has 1 unspecified atom stereocenters. The monoisotopic (exact) mass is 452 g/mol. The highest BCUT2D eigenvalue weighted by atomic mass is 32.1. The fourth-order valence-electron chi connectivity index (χ4n) is 4.58. The fraction of sp³-hybridized carbons (Fsp3) is 0.550. The van der Waals surface area contributed by atoms with E-state index in [1.807, 2.05) is 6.92 Å². The number of nitrogens with zero attached hydrogens (tertiary/aromatic N) is 5. The van der Waals surface area contributed by atoms with E-state index in [0.29, 0.717) is 17.8 Å². The lowest BCUT2D eigenvalue weighted by Crippen LogP contribution is -2.48. The summed E-state index contributed by atoms with van der Waals surface area (Å²) in [5, 5.41) is 9.09. The molecule has 1 saturated carbocycles. The van der Waals surface area contributed by atoms with E-state index in [1.54, 1.807) is 12.3 Å². The van der Waals surface area contributed by atoms with Crippen LogP contribution in [0.5, 0.6) is 5.75 Å². The highest BCUT2D eigenvalue weighted by molar-refractivity contribution is 7.10. The van der Waals surface area contributed by atoms with Crippen molar-refractivity contribution in [2.75, 3.05) is 23.3 Å². The number of aryl methyl sites for hydroxylation is 1. The molecule has 1 aliphatic carbocycles. The fourth-order valence-corrected chi connectivity index (χ4v) is 5.36. The molecule has 1 aliphatic heterocycles. The average molecular weight is 453 g/mol. The van der Waals surface area contributed by atoms with Crippen molar-refractivity contribution in [3.63, 3.8) is 0 Å². The molecule has 4 atom stereocenters. The summed E-state index contributed by atoms with van der Waals surface area (Å²) in [6.45, 7) is 4.88. The zero-order chi connectivity index (χ0) is 21.8. The predicted octanol–water partition coefficient (Wildman–Crippen LogP) is 4.15. The van der Waals surface area contributed by atoms with E-state index in [9.17, 15) is 13.2 Å². The van der Waals surface area contributed by atoms with Gasteiger partial charge in [0.2, 0.25) is 5.95 Å². The maximum Gasteiger partial charge on any atom is 0.425 e. The lowest BCUT2D eigenvalue weighted by molar-refractivity contribution is -0.189. The van der Waals surface area contributed by atoms with Crippen LogP contribution in [0.15, 0.2) is 24.4 Å². The number of hydrogen-bond acceptors (Lipinski definition) is 7. The Balaban J connectivity index is 1.33. The molecule has 11 heteroatoms. The average Bonchev–Trinajstić information content (AvgIpc) is 3.38. The zero-order valence-corrected chi connectivity index (χ0v) is 18.0. The molecule has 3 aromatic rings. The second-order valence-electron chi connectivity index (χ2n) is 8.36. The van der Waals surface area contributed by atoms with Crippen LogP contribution in [0.25, 0.3) is 5.65 Å². The number of rotatable bonds is 5. The molecule has 4 heterocycles. The van der Waals surface area contributed by atoms with Crippen LogP contribution in [-0.4, -0.2) is 50.4 Å². The smallest absolute Gasteiger partial charge is 0.425 e. The first-order valence-corrected chi connectivity index (χ1v) is 11.1. The van der Waals surface area contributed by atoms with Gasteiger partial charge in [-0.15, -0.1) is 5.10 Å². The molecule has 0 spiro atoms. The maximum absolute atomic E-state index is 12.9. The van der Waals surface area contributed by atoms with Crippen LogP contribution >= 0.6 is 11.5 Å². The summed E-state index contributed by atoms with van der Waals surface area (Å²) in [5.74, 6) is 1.38. The molecule has 31 heavy (non-hydrogen) atoms. The first kappa shape index (κ1) is 20.3. The predicted molar refractivity (Wildman–Crippen MR) is 112 cm³/mol. The molecule has 2 fully saturated rings. The van der Waals surface area contributed by atoms with E-state index in [1.165, 1.54) is 27.1 Å². The molecular weight excluding hydrogens is 429 g/mol. The summed E-state index contributed by atoms with van der Waals surface area (Å²) in [5.41, 5.74) is 1.31. The van der Waals surface area contributed by atoms with E-state index < -0.39 is 12.3 Å². The Labute approximate surface area is 181 Å². The lowest BCUT2D eigenvalue weighted by atomic mass is 9.92. The minimum atomic E-state index is -4.45. The normalized spacial score (nSPS) is 24.5. The van der Waals surface area contributed by atoms with Crippen LogP contribution in [0.2, 0.25) is 0 Å². The Morgan fingerprint density at radius 2 is 2.00 bits per heavy atom. The third kappa shape index (κ3) is 3.90. The summed E-state index contributed by atoms with van der Waals surface area (Å²) < 4.78 is 49.7. The van der Waals surface area contributed by atoms with Crippen LogP contribution in [0, 0.1) is 18.8 Å². The number of piperidine rings is 1. The SMILES string of the molecule is Cc1cc(N2C[C@H]3CC[C@@H](C2)[C@@H]3Nc2nc3c(OC(C)C(F)(F)F)cccn3n2)sn1. The molecule has 0 amide bonds. The van der Waals surface area contributed by atoms with Gasteiger partial charge in [-0.05, 0) is 68.3 Å². The van der Waals surface area contributed by atoms with Gasteiger partial charge >= 0.3 is 6.18 Å². The van der Waals surface area contributed by atoms with Crippen LogP contribution in [0.4, 0.5) is 24.1 Å². The van der Waals surface area contributed by atoms with E-state index in [0.717, 1.165) is 38.5 Å². The second kappa shape index (κ2) is 7.54. The highest BCUT2D eigenvalue weighted by Crippen LogP contribution is 2.41. The van der Waals surface area contributed by atoms with Crippen molar-refractivity contribution in [3.8, 4) is 5.75 Å². The van der Waals surface area contributed by atoms with Crippen molar-refractivity contribution in [2.24, 2.45) is 11.8 Å². The van der Waals surface area contributed by atoms with Gasteiger partial charge in [-0.2, -0.15) is 22.5 Å². The van der Waals surface area contributed by atoms with Crippen LogP contribution in [0.1, 0.15) is 25.5 Å². The molecule has 0 aromatic carbocycles. The number of aromatic nitrogens is 4. The number of halogens is 3. The van der Waals surface area contributed by atoms with Gasteiger partial charge in [-0.25, -0.2) is 4.52 Å². The number of fused-ring (bicyclic) bond motifs is 3. The molecule has 2 bridgehead atoms. The minimum absolute atomic E-state index is 0.0613. The molecule has 3 aromatic heterocycles. The molecule has 5 rings (SSSR count). The van der Waals surface area contributed by atoms with E-state index in [4.69, 9.17) is 4.74 Å². The summed E-state index contributed by atoms with van der Waals surface area (Å²) >= 11 is 1.54. The van der Waals surface area contributed by atoms with Crippen molar-refractivity contribution in [1.82, 2.24) is 19.0 Å². The molecular formula is C20H23F3N6OS. The van der Waals surface area contributed by atoms with Crippen molar-refractivity contribution in [1.29, 1.82) is 0 Å². The van der Waals surface area contributed by atoms with Gasteiger partial charge in [0.05, 0.1) is 5.69 Å². The molecule has 1 saturated heterocycles. The van der Waals surface area contributed by atoms with E-state index in [-0.39, 0.29) is 17.4 Å². The number of ether oxygens (including phenoxy) is 1. The first-order chi connectivity index (χ1) is 14.8. The lowest BCUT2D eigenvalue weighted by Gasteiger charge is -2.38. The summed E-state index contributed by atoms with van der Waals surface area (Å²) in [4.78, 5) is 6.86. The summed E-state index contributed by atoms with van der Waals surface area (Å²) in [6.07, 6.45) is -2.47. The van der Waals surface area contributed by atoms with Gasteiger partial charge in [0.25, 0.3) is 0 Å². The number of nitrogens with one attached hydrogen (secondary N) is 1. The maximum atomic E-state index is 12.9. The topological polar surface area (TPSA) is 67.6 Å². The van der Waals surface area contributed by atoms with Crippen molar-refractivity contribution < 1.29 is 17.9 Å². The molecule has 166 valence electrons. The van der Waals surface area contributed by atoms with Gasteiger partial charge in [0.1, 0.15) is 5.00 Å². The second-order valence-corrected chi connectivity index (χ2v) is 9.14. The molecule has 2 aliphatic rings. The quantitative estimate of drug-likeness (QED) is 0.627. The van der Waals surface area contributed by atoms with E-state index >= 15 is 0 Å². The largest absolute Gasteiger partial charge is 0.477 e. The van der Waals surface area contributed by atoms with Crippen LogP contribution in [-0.2, 0) is 0 Å². The minimum Gasteiger partial charge on any atom is -0.477 e. The molecule has 1 N–H and O–H groups in total. The van der Waals surface area contributed by atoms with Gasteiger partial charge in [-0.3, -0.25) is 0 Å². The Kier molecular flexibility index (Phi) is 4.95. The molecule has 0 radical (unpaired) electrons. The van der Waals surface area contributed by atoms with Gasteiger partial charge in [0, 0.05) is 25.3 Å². The van der Waals surface area contributed by atoms with Crippen molar-refractivity contribution in [2.45, 2.75) is 45.0 Å². The first-order valence-electron chi connectivity index (χ1n) is 10.3. The Hall–Kier alpha value is -2.56. The van der Waals surface area contributed by atoms with Gasteiger partial charge in [-0.1, -0.05) is 0 Å². The Morgan fingerprint density at radius 1 is 1.26 bits per heavy atom. The van der Waals surface area contributed by atoms with Crippen molar-refractivity contribution in [3.05, 3.63) is 30.1 Å². The number of hydrogen-bond donors (Lipinski definition) is 1. The zero-order valence-electron chi connectivity index (χ0n) is 17.1. The van der Waals surface area contributed by atoms with Crippen molar-refractivity contribution >= 4 is 28.1 Å². The number of anilines is 2.